The molecule has 1 aromatic carbocycles. The molecule has 106 valence electrons. The van der Waals surface area contributed by atoms with E-state index in [2.05, 4.69) is 25.6 Å². The van der Waals surface area contributed by atoms with E-state index in [0.29, 0.717) is 23.6 Å². The predicted molar refractivity (Wildman–Crippen MR) is 77.1 cm³/mol. The first kappa shape index (κ1) is 13.2. The topological polar surface area (TPSA) is 85.6 Å². The van der Waals surface area contributed by atoms with E-state index in [9.17, 15) is 4.79 Å². The second-order valence-electron chi connectivity index (χ2n) is 4.55. The number of carbonyl (C=O) groups is 1. The molecule has 21 heavy (non-hydrogen) atoms. The maximum Gasteiger partial charge on any atom is 0.252 e. The molecule has 2 aromatic heterocycles. The Bertz CT molecular complexity index is 768. The van der Waals surface area contributed by atoms with E-state index in [4.69, 9.17) is 0 Å². The van der Waals surface area contributed by atoms with Gasteiger partial charge in [-0.05, 0) is 18.6 Å². The van der Waals surface area contributed by atoms with E-state index in [1.165, 1.54) is 4.68 Å². The SMILES string of the molecule is CCCNC(=O)c1ccc2cnc(-n3ccnn3)nc2c1. The average Bonchev–Trinajstić information content (AvgIpc) is 3.06. The Morgan fingerprint density at radius 3 is 3.05 bits per heavy atom. The van der Waals surface area contributed by atoms with E-state index in [1.54, 1.807) is 30.7 Å². The fourth-order valence-corrected chi connectivity index (χ4v) is 1.92. The van der Waals surface area contributed by atoms with Crippen molar-refractivity contribution in [3.63, 3.8) is 0 Å². The summed E-state index contributed by atoms with van der Waals surface area (Å²) >= 11 is 0. The summed E-state index contributed by atoms with van der Waals surface area (Å²) in [5, 5.41) is 11.3. The van der Waals surface area contributed by atoms with Gasteiger partial charge in [0, 0.05) is 23.7 Å². The molecule has 1 N–H and O–H groups in total. The summed E-state index contributed by atoms with van der Waals surface area (Å²) in [5.74, 6) is 0.325. The summed E-state index contributed by atoms with van der Waals surface area (Å²) < 4.78 is 1.48. The fraction of sp³-hybridized carbons (Fsp3) is 0.214. The first-order valence-electron chi connectivity index (χ1n) is 6.69. The van der Waals surface area contributed by atoms with Crippen LogP contribution in [-0.2, 0) is 0 Å². The zero-order valence-electron chi connectivity index (χ0n) is 11.5. The van der Waals surface area contributed by atoms with Crippen LogP contribution in [0.25, 0.3) is 16.9 Å². The van der Waals surface area contributed by atoms with E-state index in [1.807, 2.05) is 13.0 Å². The molecule has 0 spiro atoms. The van der Waals surface area contributed by atoms with Crippen molar-refractivity contribution in [2.24, 2.45) is 0 Å². The monoisotopic (exact) mass is 282 g/mol. The number of benzene rings is 1. The van der Waals surface area contributed by atoms with Crippen molar-refractivity contribution < 1.29 is 4.79 Å². The Morgan fingerprint density at radius 1 is 1.38 bits per heavy atom. The molecule has 3 aromatic rings. The molecule has 2 heterocycles. The fourth-order valence-electron chi connectivity index (χ4n) is 1.92. The molecule has 7 heteroatoms. The number of carbonyl (C=O) groups excluding carboxylic acids is 1. The molecule has 0 saturated carbocycles. The van der Waals surface area contributed by atoms with Crippen LogP contribution < -0.4 is 5.32 Å². The van der Waals surface area contributed by atoms with E-state index < -0.39 is 0 Å². The molecular weight excluding hydrogens is 268 g/mol. The van der Waals surface area contributed by atoms with Crippen molar-refractivity contribution in [2.45, 2.75) is 13.3 Å². The van der Waals surface area contributed by atoms with Gasteiger partial charge in [-0.1, -0.05) is 18.2 Å². The summed E-state index contributed by atoms with van der Waals surface area (Å²) in [6, 6.07) is 5.36. The van der Waals surface area contributed by atoms with Crippen LogP contribution in [0.5, 0.6) is 0 Å². The number of nitrogens with zero attached hydrogens (tertiary/aromatic N) is 5. The molecule has 0 saturated heterocycles. The predicted octanol–water partition coefficient (Wildman–Crippen LogP) is 1.35. The molecule has 0 fully saturated rings. The van der Waals surface area contributed by atoms with Gasteiger partial charge in [-0.3, -0.25) is 4.79 Å². The van der Waals surface area contributed by atoms with Gasteiger partial charge in [-0.15, -0.1) is 5.10 Å². The van der Waals surface area contributed by atoms with E-state index in [-0.39, 0.29) is 5.91 Å². The van der Waals surface area contributed by atoms with Crippen LogP contribution in [0.4, 0.5) is 0 Å². The first-order chi connectivity index (χ1) is 10.3. The van der Waals surface area contributed by atoms with Crippen LogP contribution in [0.2, 0.25) is 0 Å². The highest BCUT2D eigenvalue weighted by molar-refractivity contribution is 5.97. The lowest BCUT2D eigenvalue weighted by Gasteiger charge is -2.05. The van der Waals surface area contributed by atoms with Crippen molar-refractivity contribution in [3.05, 3.63) is 42.4 Å². The van der Waals surface area contributed by atoms with Crippen molar-refractivity contribution in [1.29, 1.82) is 0 Å². The molecule has 0 aliphatic carbocycles. The Kier molecular flexibility index (Phi) is 3.55. The van der Waals surface area contributed by atoms with Gasteiger partial charge in [-0.2, -0.15) is 4.68 Å². The van der Waals surface area contributed by atoms with Gasteiger partial charge >= 0.3 is 0 Å². The Labute approximate surface area is 121 Å². The Balaban J connectivity index is 1.97. The van der Waals surface area contributed by atoms with Crippen LogP contribution in [0.1, 0.15) is 23.7 Å². The minimum atomic E-state index is -0.0975. The van der Waals surface area contributed by atoms with E-state index >= 15 is 0 Å². The van der Waals surface area contributed by atoms with Crippen LogP contribution in [0.15, 0.2) is 36.8 Å². The minimum absolute atomic E-state index is 0.0975. The third-order valence-corrected chi connectivity index (χ3v) is 3.00. The van der Waals surface area contributed by atoms with Gasteiger partial charge < -0.3 is 5.32 Å². The smallest absolute Gasteiger partial charge is 0.252 e. The summed E-state index contributed by atoms with van der Waals surface area (Å²) in [6.07, 6.45) is 5.83. The molecule has 0 aliphatic heterocycles. The van der Waals surface area contributed by atoms with Gasteiger partial charge in [0.1, 0.15) is 0 Å². The number of amides is 1. The van der Waals surface area contributed by atoms with Gasteiger partial charge in [0.25, 0.3) is 11.9 Å². The van der Waals surface area contributed by atoms with Gasteiger partial charge in [0.15, 0.2) is 0 Å². The number of hydrogen-bond acceptors (Lipinski definition) is 5. The van der Waals surface area contributed by atoms with Crippen LogP contribution in [-0.4, -0.2) is 37.4 Å². The zero-order valence-corrected chi connectivity index (χ0v) is 11.5. The van der Waals surface area contributed by atoms with Crippen LogP contribution in [0, 0.1) is 0 Å². The molecule has 0 atom stereocenters. The van der Waals surface area contributed by atoms with Crippen molar-refractivity contribution in [3.8, 4) is 5.95 Å². The molecule has 0 aliphatic rings. The normalized spacial score (nSPS) is 10.7. The lowest BCUT2D eigenvalue weighted by molar-refractivity contribution is 0.0954. The average molecular weight is 282 g/mol. The summed E-state index contributed by atoms with van der Waals surface area (Å²) in [4.78, 5) is 20.6. The molecule has 3 rings (SSSR count). The summed E-state index contributed by atoms with van der Waals surface area (Å²) in [5.41, 5.74) is 1.28. The molecule has 0 radical (unpaired) electrons. The maximum absolute atomic E-state index is 12.0. The lowest BCUT2D eigenvalue weighted by Crippen LogP contribution is -2.23. The second-order valence-corrected chi connectivity index (χ2v) is 4.55. The molecule has 7 nitrogen and oxygen atoms in total. The summed E-state index contributed by atoms with van der Waals surface area (Å²) in [7, 11) is 0. The second kappa shape index (κ2) is 5.66. The maximum atomic E-state index is 12.0. The minimum Gasteiger partial charge on any atom is -0.352 e. The number of hydrogen-bond donors (Lipinski definition) is 1. The molecule has 0 bridgehead atoms. The van der Waals surface area contributed by atoms with Gasteiger partial charge in [0.2, 0.25) is 0 Å². The Morgan fingerprint density at radius 2 is 2.29 bits per heavy atom. The summed E-state index contributed by atoms with van der Waals surface area (Å²) in [6.45, 7) is 2.67. The van der Waals surface area contributed by atoms with E-state index in [0.717, 1.165) is 11.8 Å². The van der Waals surface area contributed by atoms with Crippen molar-refractivity contribution >= 4 is 16.8 Å². The number of fused-ring (bicyclic) bond motifs is 1. The number of aromatic nitrogens is 5. The number of nitrogens with one attached hydrogen (secondary N) is 1. The lowest BCUT2D eigenvalue weighted by atomic mass is 10.1. The van der Waals surface area contributed by atoms with Crippen LogP contribution >= 0.6 is 0 Å². The highest BCUT2D eigenvalue weighted by atomic mass is 16.1. The largest absolute Gasteiger partial charge is 0.352 e. The third kappa shape index (κ3) is 2.71. The highest BCUT2D eigenvalue weighted by Crippen LogP contribution is 2.14. The zero-order chi connectivity index (χ0) is 14.7. The molecular formula is C14H14N6O. The number of rotatable bonds is 4. The molecule has 0 unspecified atom stereocenters. The van der Waals surface area contributed by atoms with Gasteiger partial charge in [-0.25, -0.2) is 9.97 Å². The van der Waals surface area contributed by atoms with Gasteiger partial charge in [0.05, 0.1) is 17.9 Å². The first-order valence-corrected chi connectivity index (χ1v) is 6.69. The standard InChI is InChI=1S/C14H14N6O/c1-2-5-15-13(21)10-3-4-11-9-16-14(18-12(11)8-10)20-7-6-17-19-20/h3-4,6-9H,2,5H2,1H3,(H,15,21). The quantitative estimate of drug-likeness (QED) is 0.780. The Hall–Kier alpha value is -2.83. The van der Waals surface area contributed by atoms with Crippen molar-refractivity contribution in [1.82, 2.24) is 30.3 Å². The van der Waals surface area contributed by atoms with Crippen molar-refractivity contribution in [2.75, 3.05) is 6.54 Å². The van der Waals surface area contributed by atoms with Crippen LogP contribution in [0.3, 0.4) is 0 Å². The highest BCUT2D eigenvalue weighted by Gasteiger charge is 2.08. The molecule has 1 amide bonds. The third-order valence-electron chi connectivity index (χ3n) is 3.00.